The third-order valence-corrected chi connectivity index (χ3v) is 4.59. The molecule has 0 bridgehead atoms. The molecule has 3 nitrogen and oxygen atoms in total. The summed E-state index contributed by atoms with van der Waals surface area (Å²) in [4.78, 5) is 8.94. The van der Waals surface area contributed by atoms with Crippen molar-refractivity contribution in [2.45, 2.75) is 45.6 Å². The molecule has 2 unspecified atom stereocenters. The normalized spacial score (nSPS) is 27.1. The number of aromatic nitrogens is 3. The van der Waals surface area contributed by atoms with Gasteiger partial charge in [-0.05, 0) is 37.2 Å². The van der Waals surface area contributed by atoms with Crippen LogP contribution in [0.15, 0.2) is 18.5 Å². The molecule has 0 radical (unpaired) electrons. The zero-order valence-electron chi connectivity index (χ0n) is 12.2. The molecule has 3 rings (SSSR count). The molecule has 108 valence electrons. The van der Waals surface area contributed by atoms with Gasteiger partial charge >= 0.3 is 0 Å². The predicted octanol–water partition coefficient (Wildman–Crippen LogP) is 4.21. The fraction of sp³-hybridized carbons (Fsp3) is 0.625. The van der Waals surface area contributed by atoms with E-state index < -0.39 is 0 Å². The van der Waals surface area contributed by atoms with Crippen molar-refractivity contribution in [3.8, 4) is 0 Å². The van der Waals surface area contributed by atoms with Gasteiger partial charge in [0.25, 0.3) is 0 Å². The summed E-state index contributed by atoms with van der Waals surface area (Å²) in [7, 11) is 0. The van der Waals surface area contributed by atoms with E-state index in [1.165, 1.54) is 24.8 Å². The molecular formula is C16H22ClN3. The molecule has 2 aromatic rings. The van der Waals surface area contributed by atoms with Crippen molar-refractivity contribution >= 4 is 22.6 Å². The van der Waals surface area contributed by atoms with Gasteiger partial charge in [-0.3, -0.25) is 4.98 Å². The molecule has 20 heavy (non-hydrogen) atoms. The van der Waals surface area contributed by atoms with Gasteiger partial charge in [0.2, 0.25) is 0 Å². The van der Waals surface area contributed by atoms with E-state index in [0.717, 1.165) is 29.6 Å². The Bertz CT molecular complexity index is 582. The monoisotopic (exact) mass is 291 g/mol. The van der Waals surface area contributed by atoms with Gasteiger partial charge in [-0.2, -0.15) is 0 Å². The van der Waals surface area contributed by atoms with Crippen LogP contribution < -0.4 is 0 Å². The van der Waals surface area contributed by atoms with Gasteiger partial charge in [0.1, 0.15) is 11.3 Å². The van der Waals surface area contributed by atoms with Gasteiger partial charge in [-0.1, -0.05) is 13.8 Å². The van der Waals surface area contributed by atoms with Crippen molar-refractivity contribution < 1.29 is 0 Å². The summed E-state index contributed by atoms with van der Waals surface area (Å²) in [5.74, 6) is 3.31. The van der Waals surface area contributed by atoms with E-state index in [0.29, 0.717) is 11.9 Å². The van der Waals surface area contributed by atoms with Crippen LogP contribution in [0.3, 0.4) is 0 Å². The summed E-state index contributed by atoms with van der Waals surface area (Å²) in [5, 5.41) is 0. The number of pyridine rings is 1. The Labute approximate surface area is 125 Å². The largest absolute Gasteiger partial charge is 0.325 e. The molecule has 2 aromatic heterocycles. The van der Waals surface area contributed by atoms with E-state index in [-0.39, 0.29) is 0 Å². The second-order valence-corrected chi connectivity index (χ2v) is 6.65. The van der Waals surface area contributed by atoms with E-state index in [4.69, 9.17) is 16.6 Å². The van der Waals surface area contributed by atoms with E-state index >= 15 is 0 Å². The molecule has 2 heterocycles. The van der Waals surface area contributed by atoms with E-state index in [2.05, 4.69) is 29.5 Å². The Morgan fingerprint density at radius 3 is 2.70 bits per heavy atom. The van der Waals surface area contributed by atoms with Crippen molar-refractivity contribution in [1.29, 1.82) is 0 Å². The van der Waals surface area contributed by atoms with Crippen LogP contribution in [-0.4, -0.2) is 20.4 Å². The number of alkyl halides is 1. The summed E-state index contributed by atoms with van der Waals surface area (Å²) in [6, 6.07) is 2.64. The minimum absolute atomic E-state index is 0.555. The number of fused-ring (bicyclic) bond motifs is 1. The van der Waals surface area contributed by atoms with Gasteiger partial charge in [0.15, 0.2) is 0 Å². The first-order valence-corrected chi connectivity index (χ1v) is 8.09. The number of nitrogens with zero attached hydrogens (tertiary/aromatic N) is 3. The Kier molecular flexibility index (Phi) is 3.97. The molecule has 0 aromatic carbocycles. The van der Waals surface area contributed by atoms with Gasteiger partial charge in [-0.25, -0.2) is 4.98 Å². The highest BCUT2D eigenvalue weighted by Crippen LogP contribution is 2.38. The second-order valence-electron chi connectivity index (χ2n) is 6.27. The lowest BCUT2D eigenvalue weighted by Gasteiger charge is -2.33. The molecule has 1 saturated carbocycles. The van der Waals surface area contributed by atoms with Crippen molar-refractivity contribution in [3.05, 3.63) is 24.3 Å². The van der Waals surface area contributed by atoms with Crippen LogP contribution in [0.5, 0.6) is 0 Å². The maximum atomic E-state index is 5.96. The average Bonchev–Trinajstić information content (AvgIpc) is 2.76. The van der Waals surface area contributed by atoms with Crippen LogP contribution >= 0.6 is 11.6 Å². The predicted molar refractivity (Wildman–Crippen MR) is 83.2 cm³/mol. The molecule has 4 heteroatoms. The molecule has 0 saturated heterocycles. The molecule has 2 atom stereocenters. The van der Waals surface area contributed by atoms with E-state index in [9.17, 15) is 0 Å². The van der Waals surface area contributed by atoms with Crippen LogP contribution in [0.1, 0.15) is 45.0 Å². The highest BCUT2D eigenvalue weighted by molar-refractivity contribution is 6.17. The lowest BCUT2D eigenvalue weighted by atomic mass is 9.80. The van der Waals surface area contributed by atoms with Crippen LogP contribution in [0, 0.1) is 11.8 Å². The summed E-state index contributed by atoms with van der Waals surface area (Å²) >= 11 is 5.96. The summed E-state index contributed by atoms with van der Waals surface area (Å²) in [6.07, 6.45) is 8.38. The molecule has 0 amide bonds. The molecule has 0 spiro atoms. The number of imidazole rings is 1. The SMILES string of the molecule is CC1CC(C)CC(n2c(CCCl)nc3cnccc32)C1. The number of rotatable bonds is 3. The topological polar surface area (TPSA) is 30.7 Å². The fourth-order valence-electron chi connectivity index (χ4n) is 3.78. The van der Waals surface area contributed by atoms with Crippen LogP contribution in [0.2, 0.25) is 0 Å². The van der Waals surface area contributed by atoms with Gasteiger partial charge in [0, 0.05) is 24.5 Å². The average molecular weight is 292 g/mol. The maximum absolute atomic E-state index is 5.96. The van der Waals surface area contributed by atoms with Gasteiger partial charge in [-0.15, -0.1) is 11.6 Å². The Hall–Kier alpha value is -1.09. The summed E-state index contributed by atoms with van der Waals surface area (Å²) < 4.78 is 2.44. The Morgan fingerprint density at radius 2 is 2.00 bits per heavy atom. The first-order chi connectivity index (χ1) is 9.69. The maximum Gasteiger partial charge on any atom is 0.111 e. The van der Waals surface area contributed by atoms with Crippen LogP contribution in [0.25, 0.3) is 11.0 Å². The number of hydrogen-bond acceptors (Lipinski definition) is 2. The van der Waals surface area contributed by atoms with Crippen molar-refractivity contribution in [2.24, 2.45) is 11.8 Å². The number of halogens is 1. The zero-order chi connectivity index (χ0) is 14.1. The smallest absolute Gasteiger partial charge is 0.111 e. The fourth-order valence-corrected chi connectivity index (χ4v) is 3.95. The van der Waals surface area contributed by atoms with Crippen LogP contribution in [-0.2, 0) is 6.42 Å². The van der Waals surface area contributed by atoms with E-state index in [1.54, 1.807) is 0 Å². The number of hydrogen-bond donors (Lipinski definition) is 0. The molecule has 1 fully saturated rings. The Balaban J connectivity index is 2.05. The zero-order valence-corrected chi connectivity index (χ0v) is 13.0. The number of aryl methyl sites for hydroxylation is 1. The lowest BCUT2D eigenvalue weighted by molar-refractivity contribution is 0.222. The quantitative estimate of drug-likeness (QED) is 0.793. The van der Waals surface area contributed by atoms with Crippen LogP contribution in [0.4, 0.5) is 0 Å². The molecule has 0 N–H and O–H groups in total. The minimum atomic E-state index is 0.555. The van der Waals surface area contributed by atoms with Gasteiger partial charge in [0.05, 0.1) is 11.7 Å². The third kappa shape index (κ3) is 2.56. The lowest BCUT2D eigenvalue weighted by Crippen LogP contribution is -2.24. The highest BCUT2D eigenvalue weighted by atomic mass is 35.5. The molecular weight excluding hydrogens is 270 g/mol. The molecule has 1 aliphatic carbocycles. The third-order valence-electron chi connectivity index (χ3n) is 4.40. The van der Waals surface area contributed by atoms with Gasteiger partial charge < -0.3 is 4.57 Å². The Morgan fingerprint density at radius 1 is 1.25 bits per heavy atom. The summed E-state index contributed by atoms with van der Waals surface area (Å²) in [6.45, 7) is 4.73. The van der Waals surface area contributed by atoms with Crippen molar-refractivity contribution in [1.82, 2.24) is 14.5 Å². The molecule has 1 aliphatic rings. The molecule has 0 aliphatic heterocycles. The standard InChI is InChI=1S/C16H22ClN3/c1-11-7-12(2)9-13(8-11)20-15-4-6-18-10-14(15)19-16(20)3-5-17/h4,6,10-13H,3,5,7-9H2,1-2H3. The van der Waals surface area contributed by atoms with Crippen molar-refractivity contribution in [3.63, 3.8) is 0 Å². The first-order valence-electron chi connectivity index (χ1n) is 7.55. The van der Waals surface area contributed by atoms with E-state index in [1.807, 2.05) is 12.4 Å². The highest BCUT2D eigenvalue weighted by Gasteiger charge is 2.27. The summed E-state index contributed by atoms with van der Waals surface area (Å²) in [5.41, 5.74) is 2.21. The minimum Gasteiger partial charge on any atom is -0.325 e. The second kappa shape index (κ2) is 5.72. The van der Waals surface area contributed by atoms with Crippen molar-refractivity contribution in [2.75, 3.05) is 5.88 Å². The first kappa shape index (κ1) is 13.9.